The van der Waals surface area contributed by atoms with Crippen LogP contribution >= 0.6 is 7.60 Å². The first-order chi connectivity index (χ1) is 39.0. The second kappa shape index (κ2) is 27.9. The Bertz CT molecular complexity index is 3050. The lowest BCUT2D eigenvalue weighted by Crippen LogP contribution is -2.67. The molecule has 0 aromatic heterocycles. The molecule has 0 bridgehead atoms. The second-order valence-electron chi connectivity index (χ2n) is 19.3. The van der Waals surface area contributed by atoms with Crippen LogP contribution in [0.5, 0.6) is 0 Å². The van der Waals surface area contributed by atoms with Crippen LogP contribution in [0.15, 0.2) is 243 Å². The van der Waals surface area contributed by atoms with Crippen LogP contribution < -0.4 is 0 Å². The minimum absolute atomic E-state index is 0.0121. The normalized spacial score (nSPS) is 18.7. The minimum atomic E-state index is -5.45. The van der Waals surface area contributed by atoms with E-state index in [0.29, 0.717) is 29.8 Å². The molecule has 80 heavy (non-hydrogen) atoms. The van der Waals surface area contributed by atoms with Crippen LogP contribution in [0.3, 0.4) is 0 Å². The maximum Gasteiger partial charge on any atom is 0.432 e. The monoisotopic (exact) mass is 1110 g/mol. The summed E-state index contributed by atoms with van der Waals surface area (Å²) in [5, 5.41) is 0. The molecule has 0 N–H and O–H groups in total. The Morgan fingerprint density at radius 2 is 0.825 bits per heavy atom. The molecule has 15 heteroatoms. The number of benzene rings is 8. The maximum absolute atomic E-state index is 16.7. The van der Waals surface area contributed by atoms with E-state index in [9.17, 15) is 0 Å². The first kappa shape index (κ1) is 57.6. The predicted octanol–water partition coefficient (Wildman–Crippen LogP) is 13.8. The van der Waals surface area contributed by atoms with Crippen molar-refractivity contribution in [2.75, 3.05) is 7.11 Å². The van der Waals surface area contributed by atoms with E-state index in [1.54, 1.807) is 60.7 Å². The number of hydrogen-bond acceptors (Lipinski definition) is 11. The van der Waals surface area contributed by atoms with Crippen LogP contribution in [0.25, 0.3) is 0 Å². The number of rotatable bonds is 26. The SMILES string of the molecule is CO[C@@](C(=O)O[C@H]([C@H]1O[C@@H](OCc2ccccc2)[C@H](N(Cc2ccccc2)Cc2ccccc2)[C@@H](OCc2ccccc2)[C@@H]1OCc1ccccc1)P(=O)(OCc1ccccc1)OCc1ccccc1)(c1ccccc1)C(F)(F)F. The molecule has 0 unspecified atom stereocenters. The molecule has 0 aliphatic carbocycles. The number of nitrogens with zero attached hydrogens (tertiary/aromatic N) is 1. The standard InChI is InChI=1S/C65H63F3NO10P/c1-72-64(65(66,67)68,56-40-24-9-25-41-56)63(70)79-62(80(71,76-47-54-36-20-7-21-37-54)77-48-55-38-22-8-23-39-55)60-59(74-45-52-32-16-5-17-33-52)58(73-44-51-30-14-4-15-31-51)57(61(78-60)75-46-53-34-18-6-19-35-53)69(42-49-26-10-2-11-27-49)43-50-28-12-3-13-29-50/h2-41,57-62H,42-48H2,1H3/t57-,58-,59+,60+,61-,62+,64-/m1/s1. The molecule has 0 amide bonds. The summed E-state index contributed by atoms with van der Waals surface area (Å²) in [4.78, 5) is 17.5. The van der Waals surface area contributed by atoms with Crippen LogP contribution in [0.4, 0.5) is 13.2 Å². The van der Waals surface area contributed by atoms with Crippen molar-refractivity contribution in [3.63, 3.8) is 0 Å². The molecule has 1 heterocycles. The molecule has 8 aromatic rings. The molecule has 11 nitrogen and oxygen atoms in total. The summed E-state index contributed by atoms with van der Waals surface area (Å²) < 4.78 is 118. The Balaban J connectivity index is 1.28. The summed E-state index contributed by atoms with van der Waals surface area (Å²) in [6.07, 6.45) is -11.3. The molecule has 1 saturated heterocycles. The van der Waals surface area contributed by atoms with Gasteiger partial charge in [0.2, 0.25) is 5.85 Å². The molecule has 9 rings (SSSR count). The molecule has 0 saturated carbocycles. The van der Waals surface area contributed by atoms with Gasteiger partial charge in [-0.15, -0.1) is 0 Å². The van der Waals surface area contributed by atoms with Gasteiger partial charge >= 0.3 is 19.7 Å². The van der Waals surface area contributed by atoms with Crippen LogP contribution in [-0.2, 0) is 98.6 Å². The Labute approximate surface area is 465 Å². The van der Waals surface area contributed by atoms with Crippen LogP contribution in [0.2, 0.25) is 0 Å². The smallest absolute Gasteiger partial charge is 0.432 e. The lowest BCUT2D eigenvalue weighted by Gasteiger charge is -2.51. The summed E-state index contributed by atoms with van der Waals surface area (Å²) >= 11 is 0. The van der Waals surface area contributed by atoms with E-state index >= 15 is 22.5 Å². The van der Waals surface area contributed by atoms with Crippen molar-refractivity contribution in [1.29, 1.82) is 0 Å². The molecule has 8 aromatic carbocycles. The van der Waals surface area contributed by atoms with E-state index < -0.39 is 80.6 Å². The third-order valence-corrected chi connectivity index (χ3v) is 15.8. The van der Waals surface area contributed by atoms with Gasteiger partial charge in [0.15, 0.2) is 6.29 Å². The Morgan fingerprint density at radius 1 is 0.487 bits per heavy atom. The number of carbonyl (C=O) groups is 1. The highest BCUT2D eigenvalue weighted by molar-refractivity contribution is 7.54. The van der Waals surface area contributed by atoms with Gasteiger partial charge in [-0.3, -0.25) is 9.46 Å². The van der Waals surface area contributed by atoms with Crippen molar-refractivity contribution in [2.24, 2.45) is 0 Å². The van der Waals surface area contributed by atoms with E-state index in [-0.39, 0.29) is 19.8 Å². The van der Waals surface area contributed by atoms with Crippen molar-refractivity contribution in [3.05, 3.63) is 287 Å². The summed E-state index contributed by atoms with van der Waals surface area (Å²) in [6.45, 7) is -0.343. The molecular weight excluding hydrogens is 1040 g/mol. The molecule has 1 fully saturated rings. The summed E-state index contributed by atoms with van der Waals surface area (Å²) in [5.41, 5.74) is 0.780. The largest absolute Gasteiger partial charge is 0.444 e. The fraction of sp³-hybridized carbons (Fsp3) is 0.246. The van der Waals surface area contributed by atoms with Gasteiger partial charge in [0.05, 0.1) is 39.1 Å². The quantitative estimate of drug-likeness (QED) is 0.0382. The zero-order valence-corrected chi connectivity index (χ0v) is 45.0. The van der Waals surface area contributed by atoms with Crippen LogP contribution in [-0.4, -0.2) is 60.6 Å². The molecule has 1 aliphatic rings. The van der Waals surface area contributed by atoms with Gasteiger partial charge in [-0.25, -0.2) is 4.79 Å². The van der Waals surface area contributed by atoms with Crippen LogP contribution in [0.1, 0.15) is 44.5 Å². The average molecular weight is 1110 g/mol. The lowest BCUT2D eigenvalue weighted by atomic mass is 9.92. The van der Waals surface area contributed by atoms with Gasteiger partial charge < -0.3 is 37.5 Å². The van der Waals surface area contributed by atoms with Crippen molar-refractivity contribution in [1.82, 2.24) is 4.90 Å². The second-order valence-corrected chi connectivity index (χ2v) is 21.4. The molecule has 7 atom stereocenters. The predicted molar refractivity (Wildman–Crippen MR) is 297 cm³/mol. The fourth-order valence-electron chi connectivity index (χ4n) is 9.72. The number of alkyl halides is 3. The van der Waals surface area contributed by atoms with Gasteiger partial charge in [0, 0.05) is 25.8 Å². The van der Waals surface area contributed by atoms with Gasteiger partial charge in [0.25, 0.3) is 5.60 Å². The highest BCUT2D eigenvalue weighted by Gasteiger charge is 2.67. The van der Waals surface area contributed by atoms with Gasteiger partial charge in [-0.2, -0.15) is 13.2 Å². The Hall–Kier alpha value is -7.07. The third-order valence-electron chi connectivity index (χ3n) is 13.8. The zero-order chi connectivity index (χ0) is 55.6. The maximum atomic E-state index is 16.7. The number of halogens is 3. The number of methoxy groups -OCH3 is 1. The van der Waals surface area contributed by atoms with Gasteiger partial charge in [-0.05, 0) is 38.9 Å². The highest BCUT2D eigenvalue weighted by atomic mass is 31.2. The zero-order valence-electron chi connectivity index (χ0n) is 44.1. The molecule has 0 spiro atoms. The van der Waals surface area contributed by atoms with E-state index in [4.69, 9.17) is 37.5 Å². The van der Waals surface area contributed by atoms with E-state index in [1.807, 2.05) is 152 Å². The van der Waals surface area contributed by atoms with Crippen molar-refractivity contribution >= 4 is 13.6 Å². The lowest BCUT2D eigenvalue weighted by molar-refractivity contribution is -0.317. The van der Waals surface area contributed by atoms with Gasteiger partial charge in [0.1, 0.15) is 18.3 Å². The summed E-state index contributed by atoms with van der Waals surface area (Å²) in [6, 6.07) is 70.6. The van der Waals surface area contributed by atoms with Crippen molar-refractivity contribution < 1.29 is 60.0 Å². The third kappa shape index (κ3) is 14.6. The summed E-state index contributed by atoms with van der Waals surface area (Å²) in [5.74, 6) is -4.33. The number of carbonyl (C=O) groups excluding carboxylic acids is 1. The Kier molecular flexibility index (Phi) is 20.1. The highest BCUT2D eigenvalue weighted by Crippen LogP contribution is 2.59. The molecule has 414 valence electrons. The minimum Gasteiger partial charge on any atom is -0.444 e. The number of ether oxygens (including phenoxy) is 6. The van der Waals surface area contributed by atoms with E-state index in [0.717, 1.165) is 41.5 Å². The topological polar surface area (TPSA) is 111 Å². The van der Waals surface area contributed by atoms with Crippen molar-refractivity contribution in [3.8, 4) is 0 Å². The van der Waals surface area contributed by atoms with Crippen LogP contribution in [0, 0.1) is 0 Å². The first-order valence-corrected chi connectivity index (χ1v) is 27.9. The van der Waals surface area contributed by atoms with Gasteiger partial charge in [-0.1, -0.05) is 243 Å². The van der Waals surface area contributed by atoms with E-state index in [1.165, 1.54) is 18.2 Å². The summed E-state index contributed by atoms with van der Waals surface area (Å²) in [7, 11) is -4.43. The number of hydrogen-bond donors (Lipinski definition) is 0. The average Bonchev–Trinajstić information content (AvgIpc) is 3.57. The fourth-order valence-corrected chi connectivity index (χ4v) is 11.6. The van der Waals surface area contributed by atoms with Crippen molar-refractivity contribution in [2.45, 2.75) is 94.4 Å². The molecule has 0 radical (unpaired) electrons. The number of esters is 1. The molecular formula is C65H63F3NO10P. The van der Waals surface area contributed by atoms with E-state index in [2.05, 4.69) is 4.90 Å². The molecule has 1 aliphatic heterocycles. The first-order valence-electron chi connectivity index (χ1n) is 26.3. The Morgan fingerprint density at radius 3 is 1.20 bits per heavy atom.